The highest BCUT2D eigenvalue weighted by Crippen LogP contribution is 2.38. The number of fused-ring (bicyclic) bond motifs is 1. The zero-order valence-corrected chi connectivity index (χ0v) is 31.3. The quantitative estimate of drug-likeness (QED) is 0.0978. The van der Waals surface area contributed by atoms with Gasteiger partial charge in [-0.2, -0.15) is 8.42 Å². The minimum atomic E-state index is -4.09. The molecule has 0 N–H and O–H groups in total. The topological polar surface area (TPSA) is 113 Å². The molecule has 0 aromatic heterocycles. The van der Waals surface area contributed by atoms with Crippen LogP contribution in [0.2, 0.25) is 0 Å². The number of likely N-dealkylation sites (tertiary alicyclic amines) is 1. The lowest BCUT2D eigenvalue weighted by molar-refractivity contribution is -0.0500. The van der Waals surface area contributed by atoms with E-state index >= 15 is 0 Å². The molecule has 3 atom stereocenters. The van der Waals surface area contributed by atoms with Gasteiger partial charge in [0.25, 0.3) is 10.1 Å². The largest absolute Gasteiger partial charge is 0.497 e. The van der Waals surface area contributed by atoms with Gasteiger partial charge in [-0.15, -0.1) is 0 Å². The molecule has 0 unspecified atom stereocenters. The number of rotatable bonds is 15. The second-order valence-electron chi connectivity index (χ2n) is 13.4. The fourth-order valence-corrected chi connectivity index (χ4v) is 7.84. The fourth-order valence-electron chi connectivity index (χ4n) is 6.88. The minimum Gasteiger partial charge on any atom is -0.497 e. The second kappa shape index (κ2) is 17.9. The molecule has 53 heavy (non-hydrogen) atoms. The molecule has 2 aliphatic heterocycles. The summed E-state index contributed by atoms with van der Waals surface area (Å²) in [7, 11) is -0.780. The van der Waals surface area contributed by atoms with Crippen molar-refractivity contribution in [2.24, 2.45) is 5.92 Å². The molecule has 6 rings (SSSR count). The number of hydrogen-bond donors (Lipinski definition) is 0. The van der Waals surface area contributed by atoms with Crippen LogP contribution in [0.5, 0.6) is 11.5 Å². The Labute approximate surface area is 312 Å². The summed E-state index contributed by atoms with van der Waals surface area (Å²) in [5.41, 5.74) is 4.65. The van der Waals surface area contributed by atoms with Crippen LogP contribution >= 0.6 is 0 Å². The summed E-state index contributed by atoms with van der Waals surface area (Å²) < 4.78 is 61.8. The van der Waals surface area contributed by atoms with Crippen LogP contribution < -0.4 is 14.4 Å². The molecule has 12 heteroatoms. The molecule has 282 valence electrons. The van der Waals surface area contributed by atoms with E-state index in [0.717, 1.165) is 53.2 Å². The molecular formula is C41H48N2O9S. The van der Waals surface area contributed by atoms with E-state index in [-0.39, 0.29) is 43.7 Å². The number of amides is 1. The normalized spacial score (nSPS) is 18.6. The molecule has 0 spiro atoms. The highest BCUT2D eigenvalue weighted by Gasteiger charge is 2.42. The van der Waals surface area contributed by atoms with Gasteiger partial charge in [-0.3, -0.25) is 4.18 Å². The SMILES string of the molecule is COCCCN1CCOc2ccc(CO[C@H]3CN(C(=O)OCc4ccccc4)C[C@@H](COS(=O)(=O)c4ccc(C)cc4)[C@@H]3c3ccc(OC)cc3)cc21. The van der Waals surface area contributed by atoms with Crippen molar-refractivity contribution in [2.45, 2.75) is 43.5 Å². The van der Waals surface area contributed by atoms with Gasteiger partial charge in [0.05, 0.1) is 50.1 Å². The predicted octanol–water partition coefficient (Wildman–Crippen LogP) is 6.58. The van der Waals surface area contributed by atoms with E-state index in [1.165, 1.54) is 12.1 Å². The average Bonchev–Trinajstić information content (AvgIpc) is 3.19. The van der Waals surface area contributed by atoms with E-state index in [9.17, 15) is 13.2 Å². The molecule has 2 heterocycles. The van der Waals surface area contributed by atoms with E-state index in [4.69, 9.17) is 27.9 Å². The molecule has 0 saturated carbocycles. The Balaban J connectivity index is 1.28. The molecule has 0 bridgehead atoms. The summed E-state index contributed by atoms with van der Waals surface area (Å²) in [6, 6.07) is 29.7. The number of carbonyl (C=O) groups excluding carboxylic acids is 1. The third-order valence-corrected chi connectivity index (χ3v) is 11.0. The van der Waals surface area contributed by atoms with Crippen molar-refractivity contribution >= 4 is 21.9 Å². The number of piperidine rings is 1. The standard InChI is InChI=1S/C41H48N2O9S/c1-30-10-17-36(18-11-30)53(45,46)52-29-34-25-43(41(44)51-27-31-8-5-4-6-9-31)26-39(40(34)33-13-15-35(48-3)16-14-33)50-28-32-12-19-38-37(24-32)42(21-23-49-38)20-7-22-47-2/h4-6,8-19,24,34,39-40H,7,20-23,25-29H2,1-3H3/t34-,39-,40-/m0/s1. The predicted molar refractivity (Wildman–Crippen MR) is 201 cm³/mol. The van der Waals surface area contributed by atoms with E-state index < -0.39 is 28.2 Å². The Morgan fingerprint density at radius 3 is 2.40 bits per heavy atom. The fraction of sp³-hybridized carbons (Fsp3) is 0.390. The van der Waals surface area contributed by atoms with Gasteiger partial charge in [-0.1, -0.05) is 66.2 Å². The number of carbonyl (C=O) groups is 1. The van der Waals surface area contributed by atoms with Gasteiger partial charge in [0.2, 0.25) is 0 Å². The lowest BCUT2D eigenvalue weighted by Gasteiger charge is -2.43. The van der Waals surface area contributed by atoms with E-state index in [1.54, 1.807) is 31.3 Å². The van der Waals surface area contributed by atoms with Gasteiger partial charge < -0.3 is 33.5 Å². The van der Waals surface area contributed by atoms with E-state index in [2.05, 4.69) is 11.0 Å². The number of hydrogen-bond acceptors (Lipinski definition) is 10. The summed E-state index contributed by atoms with van der Waals surface area (Å²) in [4.78, 5) is 17.6. The monoisotopic (exact) mass is 744 g/mol. The number of aryl methyl sites for hydroxylation is 1. The van der Waals surface area contributed by atoms with Gasteiger partial charge in [-0.05, 0) is 66.4 Å². The molecule has 1 fully saturated rings. The molecule has 2 aliphatic rings. The van der Waals surface area contributed by atoms with E-state index in [1.807, 2.05) is 73.7 Å². The first kappa shape index (κ1) is 38.1. The number of nitrogens with zero attached hydrogens (tertiary/aromatic N) is 2. The van der Waals surface area contributed by atoms with Crippen LogP contribution in [0, 0.1) is 12.8 Å². The van der Waals surface area contributed by atoms with Crippen LogP contribution in [-0.4, -0.2) is 85.7 Å². The lowest BCUT2D eigenvalue weighted by atomic mass is 9.79. The van der Waals surface area contributed by atoms with Crippen LogP contribution in [0.4, 0.5) is 10.5 Å². The smallest absolute Gasteiger partial charge is 0.410 e. The van der Waals surface area contributed by atoms with Crippen molar-refractivity contribution in [3.63, 3.8) is 0 Å². The lowest BCUT2D eigenvalue weighted by Crippen LogP contribution is -2.52. The van der Waals surface area contributed by atoms with Crippen LogP contribution in [0.1, 0.15) is 34.6 Å². The number of anilines is 1. The zero-order valence-electron chi connectivity index (χ0n) is 30.5. The van der Waals surface area contributed by atoms with Crippen molar-refractivity contribution in [3.05, 3.63) is 119 Å². The number of ether oxygens (including phenoxy) is 5. The summed E-state index contributed by atoms with van der Waals surface area (Å²) in [6.45, 7) is 5.38. The number of methoxy groups -OCH3 is 2. The Morgan fingerprint density at radius 1 is 0.887 bits per heavy atom. The zero-order chi connectivity index (χ0) is 37.2. The van der Waals surface area contributed by atoms with Crippen LogP contribution in [0.25, 0.3) is 0 Å². The molecule has 0 aliphatic carbocycles. The van der Waals surface area contributed by atoms with Crippen LogP contribution in [0.3, 0.4) is 0 Å². The molecule has 4 aromatic carbocycles. The second-order valence-corrected chi connectivity index (χ2v) is 15.0. The summed E-state index contributed by atoms with van der Waals surface area (Å²) in [6.07, 6.45) is -0.163. The number of benzene rings is 4. The summed E-state index contributed by atoms with van der Waals surface area (Å²) in [5.74, 6) is 0.707. The molecule has 4 aromatic rings. The Hall–Kier alpha value is -4.62. The first-order valence-corrected chi connectivity index (χ1v) is 19.3. The van der Waals surface area contributed by atoms with Crippen molar-refractivity contribution in [3.8, 4) is 11.5 Å². The average molecular weight is 745 g/mol. The Kier molecular flexibility index (Phi) is 12.9. The van der Waals surface area contributed by atoms with Gasteiger partial charge in [0, 0.05) is 38.6 Å². The highest BCUT2D eigenvalue weighted by molar-refractivity contribution is 7.86. The van der Waals surface area contributed by atoms with Gasteiger partial charge >= 0.3 is 6.09 Å². The maximum Gasteiger partial charge on any atom is 0.410 e. The molecular weight excluding hydrogens is 697 g/mol. The molecule has 0 radical (unpaired) electrons. The highest BCUT2D eigenvalue weighted by atomic mass is 32.2. The minimum absolute atomic E-state index is 0.0690. The first-order chi connectivity index (χ1) is 25.7. The van der Waals surface area contributed by atoms with Crippen LogP contribution in [0.15, 0.2) is 102 Å². The van der Waals surface area contributed by atoms with Gasteiger partial charge in [-0.25, -0.2) is 4.79 Å². The van der Waals surface area contributed by atoms with E-state index in [0.29, 0.717) is 19.0 Å². The maximum absolute atomic E-state index is 13.7. The third-order valence-electron chi connectivity index (χ3n) is 9.70. The Bertz CT molecular complexity index is 1890. The van der Waals surface area contributed by atoms with Crippen LogP contribution in [-0.2, 0) is 41.7 Å². The first-order valence-electron chi connectivity index (χ1n) is 17.9. The van der Waals surface area contributed by atoms with Crippen molar-refractivity contribution < 1.29 is 41.1 Å². The summed E-state index contributed by atoms with van der Waals surface area (Å²) >= 11 is 0. The molecule has 1 saturated heterocycles. The molecule has 1 amide bonds. The summed E-state index contributed by atoms with van der Waals surface area (Å²) in [5, 5.41) is 0. The van der Waals surface area contributed by atoms with Crippen molar-refractivity contribution in [1.29, 1.82) is 0 Å². The third kappa shape index (κ3) is 9.88. The van der Waals surface area contributed by atoms with Crippen molar-refractivity contribution in [1.82, 2.24) is 4.90 Å². The van der Waals surface area contributed by atoms with Crippen molar-refractivity contribution in [2.75, 3.05) is 65.1 Å². The molecule has 11 nitrogen and oxygen atoms in total. The van der Waals surface area contributed by atoms with Gasteiger partial charge in [0.1, 0.15) is 24.7 Å². The van der Waals surface area contributed by atoms with Gasteiger partial charge in [0.15, 0.2) is 0 Å². The maximum atomic E-state index is 13.7. The Morgan fingerprint density at radius 2 is 1.66 bits per heavy atom.